The van der Waals surface area contributed by atoms with Gasteiger partial charge in [-0.2, -0.15) is 4.98 Å². The summed E-state index contributed by atoms with van der Waals surface area (Å²) in [5.41, 5.74) is 0. The van der Waals surface area contributed by atoms with E-state index in [0.717, 1.165) is 12.8 Å². The van der Waals surface area contributed by atoms with Crippen LogP contribution in [0, 0.1) is 6.92 Å². The topological polar surface area (TPSA) is 68.0 Å². The van der Waals surface area contributed by atoms with Crippen LogP contribution in [0.1, 0.15) is 25.1 Å². The first-order chi connectivity index (χ1) is 6.72. The van der Waals surface area contributed by atoms with E-state index in [1.807, 2.05) is 0 Å². The summed E-state index contributed by atoms with van der Waals surface area (Å²) < 4.78 is 4.72. The molecule has 1 rings (SSSR count). The van der Waals surface area contributed by atoms with E-state index in [1.165, 1.54) is 0 Å². The van der Waals surface area contributed by atoms with Crippen LogP contribution in [0.4, 0.5) is 6.01 Å². The van der Waals surface area contributed by atoms with Crippen LogP contribution in [0.2, 0.25) is 0 Å². The highest BCUT2D eigenvalue weighted by atomic mass is 35.5. The molecule has 1 N–H and O–H groups in total. The molecule has 1 amide bonds. The molecule has 0 aliphatic heterocycles. The van der Waals surface area contributed by atoms with Crippen molar-refractivity contribution in [3.63, 3.8) is 0 Å². The average Bonchev–Trinajstić information content (AvgIpc) is 2.52. The third kappa shape index (κ3) is 3.74. The summed E-state index contributed by atoms with van der Waals surface area (Å²) in [7, 11) is 0. The molecule has 6 heteroatoms. The van der Waals surface area contributed by atoms with Gasteiger partial charge >= 0.3 is 6.01 Å². The Morgan fingerprint density at radius 3 is 2.93 bits per heavy atom. The summed E-state index contributed by atoms with van der Waals surface area (Å²) in [5, 5.41) is 6.04. The number of halogens is 1. The van der Waals surface area contributed by atoms with E-state index in [9.17, 15) is 4.79 Å². The SMILES string of the molecule is Cc1noc(NC(=O)CCCCCl)n1. The molecule has 0 atom stereocenters. The number of carbonyl (C=O) groups is 1. The number of aromatic nitrogens is 2. The Morgan fingerprint density at radius 2 is 2.36 bits per heavy atom. The van der Waals surface area contributed by atoms with Crippen LogP contribution in [-0.2, 0) is 4.79 Å². The standard InChI is InChI=1S/C8H12ClN3O2/c1-6-10-8(14-12-6)11-7(13)4-2-3-5-9/h2-5H2,1H3,(H,10,11,12,13). The number of rotatable bonds is 5. The quantitative estimate of drug-likeness (QED) is 0.603. The lowest BCUT2D eigenvalue weighted by Crippen LogP contribution is -2.11. The predicted molar refractivity (Wildman–Crippen MR) is 52.2 cm³/mol. The van der Waals surface area contributed by atoms with E-state index in [-0.39, 0.29) is 11.9 Å². The van der Waals surface area contributed by atoms with Crippen molar-refractivity contribution < 1.29 is 9.32 Å². The van der Waals surface area contributed by atoms with Gasteiger partial charge in [0.2, 0.25) is 5.91 Å². The largest absolute Gasteiger partial charge is 0.328 e. The number of hydrogen-bond acceptors (Lipinski definition) is 4. The van der Waals surface area contributed by atoms with Gasteiger partial charge in [-0.3, -0.25) is 10.1 Å². The Labute approximate surface area is 86.8 Å². The molecule has 14 heavy (non-hydrogen) atoms. The normalized spacial score (nSPS) is 10.1. The first kappa shape index (κ1) is 11.0. The fraction of sp³-hybridized carbons (Fsp3) is 0.625. The molecule has 5 nitrogen and oxygen atoms in total. The third-order valence-electron chi connectivity index (χ3n) is 1.56. The minimum absolute atomic E-state index is 0.126. The summed E-state index contributed by atoms with van der Waals surface area (Å²) in [6.45, 7) is 1.69. The first-order valence-corrected chi connectivity index (χ1v) is 4.92. The highest BCUT2D eigenvalue weighted by molar-refractivity contribution is 6.17. The Balaban J connectivity index is 2.27. The van der Waals surface area contributed by atoms with Crippen LogP contribution < -0.4 is 5.32 Å². The van der Waals surface area contributed by atoms with Crippen LogP contribution in [0.25, 0.3) is 0 Å². The summed E-state index contributed by atoms with van der Waals surface area (Å²) in [4.78, 5) is 15.1. The van der Waals surface area contributed by atoms with Crippen LogP contribution in [0.15, 0.2) is 4.52 Å². The van der Waals surface area contributed by atoms with E-state index in [4.69, 9.17) is 16.1 Å². The summed E-state index contributed by atoms with van der Waals surface area (Å²) in [6.07, 6.45) is 2.02. The lowest BCUT2D eigenvalue weighted by Gasteiger charge is -1.97. The lowest BCUT2D eigenvalue weighted by molar-refractivity contribution is -0.116. The maximum atomic E-state index is 11.2. The van der Waals surface area contributed by atoms with Crippen LogP contribution >= 0.6 is 11.6 Å². The maximum Gasteiger partial charge on any atom is 0.328 e. The van der Waals surface area contributed by atoms with Crippen LogP contribution in [0.5, 0.6) is 0 Å². The molecular weight excluding hydrogens is 206 g/mol. The number of hydrogen-bond donors (Lipinski definition) is 1. The van der Waals surface area contributed by atoms with Gasteiger partial charge in [0, 0.05) is 12.3 Å². The van der Waals surface area contributed by atoms with Crippen molar-refractivity contribution in [1.29, 1.82) is 0 Å². The number of aryl methyl sites for hydroxylation is 1. The van der Waals surface area contributed by atoms with Gasteiger partial charge < -0.3 is 4.52 Å². The zero-order valence-electron chi connectivity index (χ0n) is 7.92. The zero-order valence-corrected chi connectivity index (χ0v) is 8.67. The van der Waals surface area contributed by atoms with Crippen molar-refractivity contribution in [2.24, 2.45) is 0 Å². The van der Waals surface area contributed by atoms with Gasteiger partial charge in [-0.15, -0.1) is 11.6 Å². The van der Waals surface area contributed by atoms with E-state index >= 15 is 0 Å². The monoisotopic (exact) mass is 217 g/mol. The number of unbranched alkanes of at least 4 members (excludes halogenated alkanes) is 1. The van der Waals surface area contributed by atoms with Crippen molar-refractivity contribution in [1.82, 2.24) is 10.1 Å². The Kier molecular flexibility index (Phi) is 4.39. The molecule has 0 spiro atoms. The summed E-state index contributed by atoms with van der Waals surface area (Å²) >= 11 is 5.48. The van der Waals surface area contributed by atoms with Crippen LogP contribution in [-0.4, -0.2) is 21.9 Å². The molecule has 0 saturated carbocycles. The van der Waals surface area contributed by atoms with Gasteiger partial charge in [0.1, 0.15) is 0 Å². The third-order valence-corrected chi connectivity index (χ3v) is 1.83. The molecule has 0 radical (unpaired) electrons. The number of nitrogens with zero attached hydrogens (tertiary/aromatic N) is 2. The number of amides is 1. The van der Waals surface area contributed by atoms with Crippen LogP contribution in [0.3, 0.4) is 0 Å². The van der Waals surface area contributed by atoms with E-state index in [1.54, 1.807) is 6.92 Å². The molecule has 0 bridgehead atoms. The Morgan fingerprint density at radius 1 is 1.57 bits per heavy atom. The highest BCUT2D eigenvalue weighted by Gasteiger charge is 2.06. The minimum Gasteiger partial charge on any atom is -0.315 e. The Hall–Kier alpha value is -1.10. The maximum absolute atomic E-state index is 11.2. The van der Waals surface area contributed by atoms with Crippen molar-refractivity contribution in [3.05, 3.63) is 5.82 Å². The lowest BCUT2D eigenvalue weighted by atomic mass is 10.2. The van der Waals surface area contributed by atoms with Gasteiger partial charge in [0.05, 0.1) is 0 Å². The van der Waals surface area contributed by atoms with E-state index in [0.29, 0.717) is 18.1 Å². The molecule has 1 aromatic rings. The van der Waals surface area contributed by atoms with Crippen molar-refractivity contribution in [3.8, 4) is 0 Å². The average molecular weight is 218 g/mol. The summed E-state index contributed by atoms with van der Waals surface area (Å²) in [6, 6.07) is 0.151. The molecule has 0 aliphatic rings. The Bertz CT molecular complexity index is 301. The molecule has 1 heterocycles. The highest BCUT2D eigenvalue weighted by Crippen LogP contribution is 2.04. The van der Waals surface area contributed by atoms with E-state index < -0.39 is 0 Å². The van der Waals surface area contributed by atoms with Crippen molar-refractivity contribution >= 4 is 23.5 Å². The molecule has 0 aliphatic carbocycles. The minimum atomic E-state index is -0.126. The number of alkyl halides is 1. The zero-order chi connectivity index (χ0) is 10.4. The number of anilines is 1. The molecular formula is C8H12ClN3O2. The van der Waals surface area contributed by atoms with Crippen molar-refractivity contribution in [2.45, 2.75) is 26.2 Å². The van der Waals surface area contributed by atoms with Crippen molar-refractivity contribution in [2.75, 3.05) is 11.2 Å². The van der Waals surface area contributed by atoms with Gasteiger partial charge in [-0.25, -0.2) is 0 Å². The van der Waals surface area contributed by atoms with Gasteiger partial charge in [0.25, 0.3) is 0 Å². The molecule has 0 fully saturated rings. The van der Waals surface area contributed by atoms with Gasteiger partial charge in [-0.05, 0) is 19.8 Å². The van der Waals surface area contributed by atoms with Gasteiger partial charge in [-0.1, -0.05) is 5.16 Å². The molecule has 0 saturated heterocycles. The smallest absolute Gasteiger partial charge is 0.315 e. The molecule has 78 valence electrons. The fourth-order valence-corrected chi connectivity index (χ4v) is 1.10. The van der Waals surface area contributed by atoms with Gasteiger partial charge in [0.15, 0.2) is 5.82 Å². The first-order valence-electron chi connectivity index (χ1n) is 4.38. The predicted octanol–water partition coefficient (Wildman–Crippen LogP) is 1.73. The molecule has 0 unspecified atom stereocenters. The molecule has 0 aromatic carbocycles. The molecule has 1 aromatic heterocycles. The summed E-state index contributed by atoms with van der Waals surface area (Å²) in [5.74, 6) is 0.951. The second kappa shape index (κ2) is 5.59. The number of carbonyl (C=O) groups excluding carboxylic acids is 1. The second-order valence-electron chi connectivity index (χ2n) is 2.84. The second-order valence-corrected chi connectivity index (χ2v) is 3.22. The fourth-order valence-electron chi connectivity index (χ4n) is 0.910. The van der Waals surface area contributed by atoms with E-state index in [2.05, 4.69) is 15.5 Å². The number of nitrogens with one attached hydrogen (secondary N) is 1.